The predicted molar refractivity (Wildman–Crippen MR) is 83.3 cm³/mol. The van der Waals surface area contributed by atoms with Crippen LogP contribution in [0.1, 0.15) is 25.7 Å². The Morgan fingerprint density at radius 1 is 1.00 bits per heavy atom. The molecular weight excluding hydrogens is 246 g/mol. The van der Waals surface area contributed by atoms with Gasteiger partial charge in [-0.15, -0.1) is 0 Å². The molecule has 0 aromatic heterocycles. The zero-order chi connectivity index (χ0) is 13.8. The topological polar surface area (TPSA) is 10.8 Å². The van der Waals surface area contributed by atoms with Crippen LogP contribution in [-0.4, -0.2) is 37.6 Å². The van der Waals surface area contributed by atoms with E-state index in [9.17, 15) is 0 Å². The van der Waals surface area contributed by atoms with Crippen molar-refractivity contribution < 1.29 is 0 Å². The van der Waals surface area contributed by atoms with Crippen molar-refractivity contribution in [3.8, 4) is 0 Å². The van der Waals surface area contributed by atoms with E-state index >= 15 is 0 Å². The molecule has 1 aromatic carbocycles. The zero-order valence-electron chi connectivity index (χ0n) is 12.1. The SMILES string of the molecule is [C-]#[N+]c1ccc(N2CCN(CC3CCCC3)CC2)cc1. The summed E-state index contributed by atoms with van der Waals surface area (Å²) in [6.45, 7) is 12.9. The monoisotopic (exact) mass is 269 g/mol. The molecule has 2 fully saturated rings. The van der Waals surface area contributed by atoms with Crippen molar-refractivity contribution in [2.75, 3.05) is 37.6 Å². The number of anilines is 1. The van der Waals surface area contributed by atoms with Crippen LogP contribution in [0.4, 0.5) is 11.4 Å². The highest BCUT2D eigenvalue weighted by Crippen LogP contribution is 2.26. The fraction of sp³-hybridized carbons (Fsp3) is 0.588. The average Bonchev–Trinajstić information content (AvgIpc) is 3.01. The van der Waals surface area contributed by atoms with Crippen molar-refractivity contribution in [2.45, 2.75) is 25.7 Å². The zero-order valence-corrected chi connectivity index (χ0v) is 12.1. The number of piperazine rings is 1. The number of hydrogen-bond donors (Lipinski definition) is 0. The molecule has 1 aliphatic carbocycles. The lowest BCUT2D eigenvalue weighted by Gasteiger charge is -2.37. The summed E-state index contributed by atoms with van der Waals surface area (Å²) in [6, 6.07) is 8.01. The first-order chi connectivity index (χ1) is 9.85. The molecule has 2 aliphatic rings. The maximum atomic E-state index is 7.00. The van der Waals surface area contributed by atoms with Gasteiger partial charge >= 0.3 is 0 Å². The van der Waals surface area contributed by atoms with Crippen molar-refractivity contribution in [1.29, 1.82) is 0 Å². The summed E-state index contributed by atoms with van der Waals surface area (Å²) in [6.07, 6.45) is 5.77. The minimum Gasteiger partial charge on any atom is -0.369 e. The first-order valence-electron chi connectivity index (χ1n) is 7.80. The molecule has 1 heterocycles. The standard InChI is InChI=1S/C17H23N3/c1-18-16-6-8-17(9-7-16)20-12-10-19(11-13-20)14-15-4-2-3-5-15/h6-9,15H,2-5,10-14H2. The Bertz CT molecular complexity index is 460. The molecule has 20 heavy (non-hydrogen) atoms. The molecule has 106 valence electrons. The molecule has 0 bridgehead atoms. The lowest BCUT2D eigenvalue weighted by atomic mass is 10.1. The van der Waals surface area contributed by atoms with E-state index < -0.39 is 0 Å². The molecule has 0 radical (unpaired) electrons. The molecular formula is C17H23N3. The third kappa shape index (κ3) is 3.13. The van der Waals surface area contributed by atoms with Crippen molar-refractivity contribution in [1.82, 2.24) is 4.90 Å². The predicted octanol–water partition coefficient (Wildman–Crippen LogP) is 3.55. The van der Waals surface area contributed by atoms with E-state index in [1.165, 1.54) is 51.0 Å². The van der Waals surface area contributed by atoms with E-state index in [1.807, 2.05) is 12.1 Å². The summed E-state index contributed by atoms with van der Waals surface area (Å²) in [7, 11) is 0. The Morgan fingerprint density at radius 2 is 1.65 bits per heavy atom. The molecule has 3 heteroatoms. The minimum absolute atomic E-state index is 0.730. The number of rotatable bonds is 3. The van der Waals surface area contributed by atoms with Crippen LogP contribution < -0.4 is 4.90 Å². The fourth-order valence-electron chi connectivity index (χ4n) is 3.48. The highest BCUT2D eigenvalue weighted by Gasteiger charge is 2.22. The summed E-state index contributed by atoms with van der Waals surface area (Å²) in [4.78, 5) is 8.53. The van der Waals surface area contributed by atoms with Crippen LogP contribution in [0.3, 0.4) is 0 Å². The second-order valence-electron chi connectivity index (χ2n) is 6.07. The molecule has 3 nitrogen and oxygen atoms in total. The summed E-state index contributed by atoms with van der Waals surface area (Å²) < 4.78 is 0. The lowest BCUT2D eigenvalue weighted by Crippen LogP contribution is -2.47. The molecule has 0 spiro atoms. The Morgan fingerprint density at radius 3 is 2.25 bits per heavy atom. The van der Waals surface area contributed by atoms with Crippen LogP contribution in [0, 0.1) is 12.5 Å². The van der Waals surface area contributed by atoms with Gasteiger partial charge in [-0.1, -0.05) is 25.0 Å². The molecule has 0 amide bonds. The van der Waals surface area contributed by atoms with Gasteiger partial charge in [0.2, 0.25) is 0 Å². The molecule has 3 rings (SSSR count). The van der Waals surface area contributed by atoms with E-state index in [2.05, 4.69) is 26.8 Å². The van der Waals surface area contributed by atoms with E-state index in [-0.39, 0.29) is 0 Å². The highest BCUT2D eigenvalue weighted by molar-refractivity contribution is 5.55. The van der Waals surface area contributed by atoms with Gasteiger partial charge in [0.15, 0.2) is 5.69 Å². The minimum atomic E-state index is 0.730. The maximum Gasteiger partial charge on any atom is 0.187 e. The largest absolute Gasteiger partial charge is 0.369 e. The van der Waals surface area contributed by atoms with E-state index in [0.29, 0.717) is 0 Å². The third-order valence-electron chi connectivity index (χ3n) is 4.71. The Hall–Kier alpha value is -1.53. The van der Waals surface area contributed by atoms with Gasteiger partial charge in [0.25, 0.3) is 0 Å². The van der Waals surface area contributed by atoms with Crippen LogP contribution >= 0.6 is 0 Å². The molecule has 1 saturated heterocycles. The number of nitrogens with zero attached hydrogens (tertiary/aromatic N) is 3. The summed E-state index contributed by atoms with van der Waals surface area (Å²) in [5.41, 5.74) is 1.99. The Kier molecular flexibility index (Phi) is 4.22. The maximum absolute atomic E-state index is 7.00. The van der Waals surface area contributed by atoms with E-state index in [1.54, 1.807) is 0 Å². The second-order valence-corrected chi connectivity index (χ2v) is 6.07. The Balaban J connectivity index is 1.51. The van der Waals surface area contributed by atoms with Gasteiger partial charge in [-0.25, -0.2) is 4.85 Å². The normalized spacial score (nSPS) is 21.1. The van der Waals surface area contributed by atoms with Gasteiger partial charge < -0.3 is 4.90 Å². The quantitative estimate of drug-likeness (QED) is 0.777. The molecule has 0 N–H and O–H groups in total. The third-order valence-corrected chi connectivity index (χ3v) is 4.71. The smallest absolute Gasteiger partial charge is 0.187 e. The fourth-order valence-corrected chi connectivity index (χ4v) is 3.48. The Labute approximate surface area is 122 Å². The number of benzene rings is 1. The van der Waals surface area contributed by atoms with Gasteiger partial charge in [0.05, 0.1) is 6.57 Å². The first kappa shape index (κ1) is 13.5. The van der Waals surface area contributed by atoms with Gasteiger partial charge in [-0.05, 0) is 30.9 Å². The van der Waals surface area contributed by atoms with Crippen LogP contribution in [0.2, 0.25) is 0 Å². The van der Waals surface area contributed by atoms with Crippen LogP contribution in [0.5, 0.6) is 0 Å². The number of hydrogen-bond acceptors (Lipinski definition) is 2. The van der Waals surface area contributed by atoms with Crippen LogP contribution in [0.15, 0.2) is 24.3 Å². The van der Waals surface area contributed by atoms with E-state index in [4.69, 9.17) is 6.57 Å². The van der Waals surface area contributed by atoms with Crippen LogP contribution in [-0.2, 0) is 0 Å². The van der Waals surface area contributed by atoms with Crippen LogP contribution in [0.25, 0.3) is 4.85 Å². The van der Waals surface area contributed by atoms with Crippen molar-refractivity contribution in [3.63, 3.8) is 0 Å². The van der Waals surface area contributed by atoms with E-state index in [0.717, 1.165) is 24.7 Å². The molecule has 1 aliphatic heterocycles. The average molecular weight is 269 g/mol. The summed E-state index contributed by atoms with van der Waals surface area (Å²) in [5.74, 6) is 0.958. The van der Waals surface area contributed by atoms with Gasteiger partial charge in [-0.3, -0.25) is 4.90 Å². The molecule has 1 saturated carbocycles. The second kappa shape index (κ2) is 6.28. The first-order valence-corrected chi connectivity index (χ1v) is 7.80. The highest BCUT2D eigenvalue weighted by atomic mass is 15.3. The molecule has 0 atom stereocenters. The van der Waals surface area contributed by atoms with Crippen molar-refractivity contribution in [2.24, 2.45) is 5.92 Å². The van der Waals surface area contributed by atoms with Crippen molar-refractivity contribution in [3.05, 3.63) is 35.7 Å². The lowest BCUT2D eigenvalue weighted by molar-refractivity contribution is 0.220. The summed E-state index contributed by atoms with van der Waals surface area (Å²) in [5, 5.41) is 0. The van der Waals surface area contributed by atoms with Gasteiger partial charge in [0.1, 0.15) is 0 Å². The molecule has 0 unspecified atom stereocenters. The van der Waals surface area contributed by atoms with Gasteiger partial charge in [-0.2, -0.15) is 0 Å². The van der Waals surface area contributed by atoms with Crippen molar-refractivity contribution >= 4 is 11.4 Å². The van der Waals surface area contributed by atoms with Gasteiger partial charge in [0, 0.05) is 38.4 Å². The molecule has 1 aromatic rings. The summed E-state index contributed by atoms with van der Waals surface area (Å²) >= 11 is 0.